The third-order valence-corrected chi connectivity index (χ3v) is 2.56. The van der Waals surface area contributed by atoms with Gasteiger partial charge in [-0.25, -0.2) is 0 Å². The number of carbonyl (C=O) groups is 1. The first-order valence-electron chi connectivity index (χ1n) is 6.23. The first-order valence-corrected chi connectivity index (χ1v) is 6.23. The van der Waals surface area contributed by atoms with Crippen molar-refractivity contribution >= 4 is 25.7 Å². The van der Waals surface area contributed by atoms with Gasteiger partial charge in [-0.3, -0.25) is 4.79 Å². The van der Waals surface area contributed by atoms with Crippen LogP contribution >= 0.6 is 0 Å². The fraction of sp³-hybridized carbons (Fsp3) is 0. The lowest BCUT2D eigenvalue weighted by Crippen LogP contribution is -2.35. The van der Waals surface area contributed by atoms with Crippen molar-refractivity contribution in [3.63, 3.8) is 0 Å². The van der Waals surface area contributed by atoms with Crippen LogP contribution in [0.15, 0.2) is 70.8 Å². The Morgan fingerprint density at radius 3 is 2.14 bits per heavy atom. The van der Waals surface area contributed by atoms with Gasteiger partial charge in [0.2, 0.25) is 0 Å². The molecular formula is C13H12B2N2O4. The third-order valence-electron chi connectivity index (χ3n) is 2.56. The number of nitrogens with zero attached hydrogens (tertiary/aromatic N) is 2. The van der Waals surface area contributed by atoms with Crippen LogP contribution in [0.1, 0.15) is 10.4 Å². The summed E-state index contributed by atoms with van der Waals surface area (Å²) in [5.74, 6) is 0. The molecule has 0 unspecified atom stereocenters. The van der Waals surface area contributed by atoms with Crippen molar-refractivity contribution < 1.29 is 19.4 Å². The van der Waals surface area contributed by atoms with Gasteiger partial charge in [-0.2, -0.15) is 10.1 Å². The summed E-state index contributed by atoms with van der Waals surface area (Å²) in [5.41, 5.74) is 0.130. The van der Waals surface area contributed by atoms with E-state index in [1.165, 1.54) is 12.1 Å². The highest BCUT2D eigenvalue weighted by Gasteiger charge is 2.31. The summed E-state index contributed by atoms with van der Waals surface area (Å²) in [5, 5.41) is 26.3. The van der Waals surface area contributed by atoms with Crippen molar-refractivity contribution in [2.24, 2.45) is 10.1 Å². The van der Waals surface area contributed by atoms with E-state index in [1.807, 2.05) is 6.07 Å². The van der Waals surface area contributed by atoms with Gasteiger partial charge in [0, 0.05) is 5.56 Å². The van der Waals surface area contributed by atoms with Gasteiger partial charge in [-0.05, 0) is 12.1 Å². The molecule has 0 aliphatic heterocycles. The Balaban J connectivity index is 1.92. The molecule has 0 radical (unpaired) electrons. The molecule has 0 heterocycles. The van der Waals surface area contributed by atoms with Crippen LogP contribution in [0, 0.1) is 0 Å². The van der Waals surface area contributed by atoms with Crippen molar-refractivity contribution in [3.8, 4) is 0 Å². The zero-order valence-corrected chi connectivity index (χ0v) is 11.0. The molecule has 0 spiro atoms. The summed E-state index contributed by atoms with van der Waals surface area (Å²) < 4.78 is 4.69. The summed E-state index contributed by atoms with van der Waals surface area (Å²) >= 11 is 0. The van der Waals surface area contributed by atoms with Crippen LogP contribution in [0.3, 0.4) is 0 Å². The van der Waals surface area contributed by atoms with E-state index in [2.05, 4.69) is 14.7 Å². The average Bonchev–Trinajstić information content (AvgIpc) is 2.54. The van der Waals surface area contributed by atoms with Crippen molar-refractivity contribution in [2.75, 3.05) is 0 Å². The molecule has 0 amide bonds. The standard InChI is InChI=1S/C13H12B2N2O4/c18-13(11-7-3-1-4-8-11)14(19)21-15(20)17-16-12-9-5-2-6-10-12/h1-10,19-20H. The number of rotatable bonds is 6. The molecule has 2 N–H and O–H groups in total. The van der Waals surface area contributed by atoms with Crippen molar-refractivity contribution in [1.29, 1.82) is 0 Å². The summed E-state index contributed by atoms with van der Waals surface area (Å²) in [6.07, 6.45) is 0. The molecule has 104 valence electrons. The lowest BCUT2D eigenvalue weighted by Gasteiger charge is -2.06. The Hall–Kier alpha value is -2.28. The Kier molecular flexibility index (Phi) is 5.39. The third kappa shape index (κ3) is 4.64. The first kappa shape index (κ1) is 15.1. The molecule has 0 aliphatic carbocycles. The van der Waals surface area contributed by atoms with Gasteiger partial charge in [0.1, 0.15) is 0 Å². The fourth-order valence-electron chi connectivity index (χ4n) is 1.56. The van der Waals surface area contributed by atoms with E-state index in [4.69, 9.17) is 0 Å². The Morgan fingerprint density at radius 1 is 0.952 bits per heavy atom. The van der Waals surface area contributed by atoms with Gasteiger partial charge >= 0.3 is 14.4 Å². The van der Waals surface area contributed by atoms with Crippen LogP contribution in [0.4, 0.5) is 5.69 Å². The Bertz CT molecular complexity index is 610. The Morgan fingerprint density at radius 2 is 1.52 bits per heavy atom. The Labute approximate surface area is 122 Å². The minimum absolute atomic E-state index is 0.275. The van der Waals surface area contributed by atoms with Crippen LogP contribution in [0.2, 0.25) is 0 Å². The molecule has 0 fully saturated rings. The zero-order chi connectivity index (χ0) is 15.1. The van der Waals surface area contributed by atoms with Gasteiger partial charge in [0.05, 0.1) is 5.69 Å². The largest absolute Gasteiger partial charge is 0.615 e. The highest BCUT2D eigenvalue weighted by Crippen LogP contribution is 2.10. The molecule has 0 atom stereocenters. The highest BCUT2D eigenvalue weighted by atomic mass is 16.6. The van der Waals surface area contributed by atoms with Crippen LogP contribution in [-0.4, -0.2) is 30.1 Å². The molecule has 8 heteroatoms. The second-order valence-electron chi connectivity index (χ2n) is 4.10. The maximum Gasteiger partial charge on any atom is 0.615 e. The van der Waals surface area contributed by atoms with E-state index in [0.717, 1.165) is 0 Å². The summed E-state index contributed by atoms with van der Waals surface area (Å²) in [6, 6.07) is 16.8. The predicted molar refractivity (Wildman–Crippen MR) is 78.8 cm³/mol. The summed E-state index contributed by atoms with van der Waals surface area (Å²) in [6.45, 7) is 0. The topological polar surface area (TPSA) is 91.5 Å². The molecule has 2 rings (SSSR count). The van der Waals surface area contributed by atoms with Crippen molar-refractivity contribution in [3.05, 3.63) is 66.2 Å². The van der Waals surface area contributed by atoms with Gasteiger partial charge in [0.15, 0.2) is 5.68 Å². The number of hydrogen-bond donors (Lipinski definition) is 2. The first-order chi connectivity index (χ1) is 10.2. The van der Waals surface area contributed by atoms with E-state index in [0.29, 0.717) is 5.69 Å². The van der Waals surface area contributed by atoms with Gasteiger partial charge in [-0.1, -0.05) is 48.5 Å². The van der Waals surface area contributed by atoms with Gasteiger partial charge in [0.25, 0.3) is 0 Å². The number of carbonyl (C=O) groups excluding carboxylic acids is 1. The predicted octanol–water partition coefficient (Wildman–Crippen LogP) is 1.67. The highest BCUT2D eigenvalue weighted by molar-refractivity contribution is 6.85. The van der Waals surface area contributed by atoms with Crippen LogP contribution in [-0.2, 0) is 4.57 Å². The zero-order valence-electron chi connectivity index (χ0n) is 11.0. The second kappa shape index (κ2) is 7.49. The molecule has 0 saturated heterocycles. The number of hydrogen-bond acceptors (Lipinski definition) is 6. The monoisotopic (exact) mass is 282 g/mol. The van der Waals surface area contributed by atoms with E-state index < -0.39 is 20.1 Å². The molecule has 21 heavy (non-hydrogen) atoms. The quantitative estimate of drug-likeness (QED) is 0.622. The maximum absolute atomic E-state index is 11.8. The summed E-state index contributed by atoms with van der Waals surface area (Å²) in [7, 11) is -3.54. The second-order valence-corrected chi connectivity index (χ2v) is 4.10. The molecule has 0 aliphatic rings. The minimum Gasteiger partial charge on any atom is -0.423 e. The van der Waals surface area contributed by atoms with E-state index in [9.17, 15) is 14.8 Å². The van der Waals surface area contributed by atoms with Crippen molar-refractivity contribution in [1.82, 2.24) is 0 Å². The van der Waals surface area contributed by atoms with Gasteiger partial charge in [-0.15, -0.1) is 0 Å². The minimum atomic E-state index is -1.81. The molecular weight excluding hydrogens is 270 g/mol. The lowest BCUT2D eigenvalue weighted by atomic mass is 9.77. The number of benzene rings is 2. The smallest absolute Gasteiger partial charge is 0.423 e. The van der Waals surface area contributed by atoms with Crippen LogP contribution in [0.5, 0.6) is 0 Å². The molecule has 0 bridgehead atoms. The maximum atomic E-state index is 11.8. The molecule has 0 aromatic heterocycles. The average molecular weight is 282 g/mol. The molecule has 6 nitrogen and oxygen atoms in total. The normalized spacial score (nSPS) is 10.6. The summed E-state index contributed by atoms with van der Waals surface area (Å²) in [4.78, 5) is 11.8. The van der Waals surface area contributed by atoms with Crippen molar-refractivity contribution in [2.45, 2.75) is 0 Å². The van der Waals surface area contributed by atoms with Gasteiger partial charge < -0.3 is 14.6 Å². The lowest BCUT2D eigenvalue weighted by molar-refractivity contribution is 0.103. The van der Waals surface area contributed by atoms with Crippen LogP contribution < -0.4 is 0 Å². The van der Waals surface area contributed by atoms with E-state index in [1.54, 1.807) is 42.5 Å². The van der Waals surface area contributed by atoms with E-state index >= 15 is 0 Å². The SMILES string of the molecule is O=C(B(O)OB(O)N=Nc1ccccc1)c1ccccc1. The molecule has 0 saturated carbocycles. The van der Waals surface area contributed by atoms with Crippen LogP contribution in [0.25, 0.3) is 0 Å². The fourth-order valence-corrected chi connectivity index (χ4v) is 1.56. The molecule has 2 aromatic carbocycles. The molecule has 2 aromatic rings. The van der Waals surface area contributed by atoms with E-state index in [-0.39, 0.29) is 5.56 Å².